The van der Waals surface area contributed by atoms with Gasteiger partial charge in [-0.05, 0) is 37.6 Å². The highest BCUT2D eigenvalue weighted by atomic mass is 19.3. The van der Waals surface area contributed by atoms with Crippen LogP contribution in [0.4, 0.5) is 30.6 Å². The first-order valence-corrected chi connectivity index (χ1v) is 10.5. The number of alkyl halides is 2. The molecule has 180 valence electrons. The summed E-state index contributed by atoms with van der Waals surface area (Å²) < 4.78 is 54.8. The summed E-state index contributed by atoms with van der Waals surface area (Å²) in [6.45, 7) is 2.69. The maximum absolute atomic E-state index is 14.6. The number of rotatable bonds is 7. The van der Waals surface area contributed by atoms with Gasteiger partial charge >= 0.3 is 6.61 Å². The van der Waals surface area contributed by atoms with Crippen molar-refractivity contribution in [2.24, 2.45) is 0 Å². The van der Waals surface area contributed by atoms with E-state index in [0.29, 0.717) is 42.5 Å². The van der Waals surface area contributed by atoms with Gasteiger partial charge in [0.2, 0.25) is 11.8 Å². The molecule has 2 aromatic heterocycles. The standard InChI is InChI=1S/C23H24F3N5O3/c1-23(2)13-31(8-9-33-23)22-28-12-17(24)19(30-22)29-18-10-15(11-27-20(18)32-3)14-4-6-16(7-5-14)34-21(25)26/h4-7,10-12,21H,8-9,13H2,1-3H3,(H,28,29,30). The molecule has 34 heavy (non-hydrogen) atoms. The molecule has 1 aromatic carbocycles. The van der Waals surface area contributed by atoms with Crippen molar-refractivity contribution in [3.8, 4) is 22.8 Å². The Kier molecular flexibility index (Phi) is 6.73. The minimum Gasteiger partial charge on any atom is -0.480 e. The number of ether oxygens (including phenoxy) is 3. The summed E-state index contributed by atoms with van der Waals surface area (Å²) in [5, 5.41) is 2.94. The van der Waals surface area contributed by atoms with Crippen molar-refractivity contribution in [3.63, 3.8) is 0 Å². The van der Waals surface area contributed by atoms with Gasteiger partial charge in [-0.15, -0.1) is 0 Å². The Morgan fingerprint density at radius 3 is 2.56 bits per heavy atom. The van der Waals surface area contributed by atoms with Gasteiger partial charge in [-0.25, -0.2) is 14.4 Å². The largest absolute Gasteiger partial charge is 0.480 e. The van der Waals surface area contributed by atoms with E-state index in [1.54, 1.807) is 24.4 Å². The monoisotopic (exact) mass is 475 g/mol. The van der Waals surface area contributed by atoms with Gasteiger partial charge in [0.1, 0.15) is 11.4 Å². The van der Waals surface area contributed by atoms with Crippen molar-refractivity contribution in [2.75, 3.05) is 37.0 Å². The second-order valence-corrected chi connectivity index (χ2v) is 8.20. The van der Waals surface area contributed by atoms with Crippen molar-refractivity contribution in [2.45, 2.75) is 26.1 Å². The minimum atomic E-state index is -2.90. The Balaban J connectivity index is 1.61. The summed E-state index contributed by atoms with van der Waals surface area (Å²) in [5.74, 6) is -0.0312. The number of halogens is 3. The first-order chi connectivity index (χ1) is 16.2. The first kappa shape index (κ1) is 23.6. The number of methoxy groups -OCH3 is 1. The summed E-state index contributed by atoms with van der Waals surface area (Å²) in [6, 6.07) is 7.80. The molecule has 0 radical (unpaired) electrons. The fraction of sp³-hybridized carbons (Fsp3) is 0.348. The second kappa shape index (κ2) is 9.72. The summed E-state index contributed by atoms with van der Waals surface area (Å²) in [5.41, 5.74) is 1.34. The molecule has 0 bridgehead atoms. The van der Waals surface area contributed by atoms with Crippen LogP contribution in [0.5, 0.6) is 11.6 Å². The first-order valence-electron chi connectivity index (χ1n) is 10.5. The van der Waals surface area contributed by atoms with E-state index in [4.69, 9.17) is 9.47 Å². The third-order valence-electron chi connectivity index (χ3n) is 5.15. The van der Waals surface area contributed by atoms with E-state index in [2.05, 4.69) is 25.0 Å². The maximum Gasteiger partial charge on any atom is 0.387 e. The number of hydrogen-bond acceptors (Lipinski definition) is 8. The lowest BCUT2D eigenvalue weighted by molar-refractivity contribution is -0.0498. The Bertz CT molecular complexity index is 1150. The molecule has 1 aliphatic rings. The molecule has 0 unspecified atom stereocenters. The highest BCUT2D eigenvalue weighted by Gasteiger charge is 2.29. The Hall–Kier alpha value is -3.60. The molecule has 4 rings (SSSR count). The predicted octanol–water partition coefficient (Wildman–Crippen LogP) is 4.65. The van der Waals surface area contributed by atoms with E-state index < -0.39 is 12.4 Å². The van der Waals surface area contributed by atoms with E-state index in [9.17, 15) is 13.2 Å². The van der Waals surface area contributed by atoms with Gasteiger partial charge in [-0.1, -0.05) is 12.1 Å². The Morgan fingerprint density at radius 1 is 1.12 bits per heavy atom. The molecule has 1 N–H and O–H groups in total. The quantitative estimate of drug-likeness (QED) is 0.529. The highest BCUT2D eigenvalue weighted by molar-refractivity contribution is 5.72. The number of hydrogen-bond donors (Lipinski definition) is 1. The van der Waals surface area contributed by atoms with Crippen LogP contribution in [0.25, 0.3) is 11.1 Å². The number of aromatic nitrogens is 3. The molecule has 1 aliphatic heterocycles. The molecule has 11 heteroatoms. The van der Waals surface area contributed by atoms with Crippen LogP contribution in [0, 0.1) is 5.82 Å². The summed E-state index contributed by atoms with van der Waals surface area (Å²) in [7, 11) is 1.45. The third-order valence-corrected chi connectivity index (χ3v) is 5.15. The number of anilines is 3. The number of nitrogens with one attached hydrogen (secondary N) is 1. The lowest BCUT2D eigenvalue weighted by Crippen LogP contribution is -2.49. The van der Waals surface area contributed by atoms with Crippen LogP contribution in [0.2, 0.25) is 0 Å². The molecular weight excluding hydrogens is 451 g/mol. The van der Waals surface area contributed by atoms with Crippen LogP contribution in [0.15, 0.2) is 42.7 Å². The van der Waals surface area contributed by atoms with Gasteiger partial charge in [0, 0.05) is 24.8 Å². The van der Waals surface area contributed by atoms with Crippen LogP contribution in [-0.4, -0.2) is 54.0 Å². The van der Waals surface area contributed by atoms with Crippen LogP contribution < -0.4 is 19.7 Å². The van der Waals surface area contributed by atoms with Crippen molar-refractivity contribution >= 4 is 17.5 Å². The topological polar surface area (TPSA) is 81.6 Å². The zero-order valence-corrected chi connectivity index (χ0v) is 18.9. The zero-order valence-electron chi connectivity index (χ0n) is 18.9. The van der Waals surface area contributed by atoms with Crippen LogP contribution >= 0.6 is 0 Å². The van der Waals surface area contributed by atoms with Gasteiger partial charge in [0.05, 0.1) is 25.5 Å². The molecule has 1 fully saturated rings. The number of benzene rings is 1. The summed E-state index contributed by atoms with van der Waals surface area (Å²) >= 11 is 0. The number of morpholine rings is 1. The van der Waals surface area contributed by atoms with E-state index in [0.717, 1.165) is 6.20 Å². The normalized spacial score (nSPS) is 15.3. The van der Waals surface area contributed by atoms with Crippen molar-refractivity contribution < 1.29 is 27.4 Å². The van der Waals surface area contributed by atoms with Crippen LogP contribution in [0.1, 0.15) is 13.8 Å². The lowest BCUT2D eigenvalue weighted by atomic mass is 10.1. The maximum atomic E-state index is 14.6. The Morgan fingerprint density at radius 2 is 1.88 bits per heavy atom. The smallest absolute Gasteiger partial charge is 0.387 e. The fourth-order valence-electron chi connectivity index (χ4n) is 3.60. The Labute approximate surface area is 194 Å². The van der Waals surface area contributed by atoms with Gasteiger partial charge < -0.3 is 24.4 Å². The van der Waals surface area contributed by atoms with Gasteiger partial charge in [0.15, 0.2) is 11.6 Å². The second-order valence-electron chi connectivity index (χ2n) is 8.20. The summed E-state index contributed by atoms with van der Waals surface area (Å²) in [6.07, 6.45) is 2.67. The predicted molar refractivity (Wildman–Crippen MR) is 120 cm³/mol. The van der Waals surface area contributed by atoms with Crippen molar-refractivity contribution in [1.29, 1.82) is 0 Å². The molecule has 3 heterocycles. The molecule has 0 saturated carbocycles. The van der Waals surface area contributed by atoms with Gasteiger partial charge in [-0.2, -0.15) is 13.8 Å². The molecule has 0 atom stereocenters. The highest BCUT2D eigenvalue weighted by Crippen LogP contribution is 2.32. The SMILES string of the molecule is COc1ncc(-c2ccc(OC(F)F)cc2)cc1Nc1nc(N2CCOC(C)(C)C2)ncc1F. The van der Waals surface area contributed by atoms with Gasteiger partial charge in [-0.3, -0.25) is 0 Å². The average molecular weight is 475 g/mol. The fourth-order valence-corrected chi connectivity index (χ4v) is 3.60. The molecule has 3 aromatic rings. The summed E-state index contributed by atoms with van der Waals surface area (Å²) in [4.78, 5) is 14.7. The van der Waals surface area contributed by atoms with Gasteiger partial charge in [0.25, 0.3) is 0 Å². The lowest BCUT2D eigenvalue weighted by Gasteiger charge is -2.38. The number of pyridine rings is 1. The molecular formula is C23H24F3N5O3. The number of nitrogens with zero attached hydrogens (tertiary/aromatic N) is 4. The van der Waals surface area contributed by atoms with Crippen LogP contribution in [0.3, 0.4) is 0 Å². The molecule has 0 amide bonds. The van der Waals surface area contributed by atoms with Crippen molar-refractivity contribution in [3.05, 3.63) is 48.5 Å². The van der Waals surface area contributed by atoms with E-state index in [1.165, 1.54) is 19.2 Å². The molecule has 8 nitrogen and oxygen atoms in total. The minimum absolute atomic E-state index is 0.0350. The molecule has 0 spiro atoms. The average Bonchev–Trinajstić information content (AvgIpc) is 2.80. The van der Waals surface area contributed by atoms with E-state index in [1.807, 2.05) is 18.7 Å². The third kappa shape index (κ3) is 5.48. The van der Waals surface area contributed by atoms with Crippen LogP contribution in [-0.2, 0) is 4.74 Å². The zero-order chi connectivity index (χ0) is 24.3. The van der Waals surface area contributed by atoms with Crippen molar-refractivity contribution in [1.82, 2.24) is 15.0 Å². The molecule has 1 saturated heterocycles. The van der Waals surface area contributed by atoms with E-state index >= 15 is 0 Å². The van der Waals surface area contributed by atoms with E-state index in [-0.39, 0.29) is 23.0 Å². The molecule has 0 aliphatic carbocycles.